The maximum absolute atomic E-state index is 14.5. The van der Waals surface area contributed by atoms with Gasteiger partial charge >= 0.3 is 6.18 Å². The first-order valence-electron chi connectivity index (χ1n) is 9.92. The van der Waals surface area contributed by atoms with Crippen LogP contribution in [0.4, 0.5) is 29.1 Å². The zero-order valence-electron chi connectivity index (χ0n) is 17.9. The molecule has 0 spiro atoms. The van der Waals surface area contributed by atoms with Crippen LogP contribution in [-0.2, 0) is 6.18 Å². The minimum Gasteiger partial charge on any atom is -0.329 e. The number of anilines is 2. The first kappa shape index (κ1) is 22.3. The molecule has 0 unspecified atom stereocenters. The fourth-order valence-corrected chi connectivity index (χ4v) is 3.49. The number of rotatable bonds is 5. The number of hydrogen-bond donors (Lipinski definition) is 1. The van der Waals surface area contributed by atoms with Gasteiger partial charge in [-0.05, 0) is 50.2 Å². The highest BCUT2D eigenvalue weighted by atomic mass is 19.4. The van der Waals surface area contributed by atoms with E-state index >= 15 is 0 Å². The van der Waals surface area contributed by atoms with Gasteiger partial charge in [0.2, 0.25) is 0 Å². The molecule has 7 nitrogen and oxygen atoms in total. The minimum absolute atomic E-state index is 0.0989. The Labute approximate surface area is 185 Å². The third-order valence-electron chi connectivity index (χ3n) is 4.98. The van der Waals surface area contributed by atoms with Crippen LogP contribution < -0.4 is 4.90 Å². The van der Waals surface area contributed by atoms with E-state index in [-0.39, 0.29) is 23.2 Å². The average molecular weight is 457 g/mol. The van der Waals surface area contributed by atoms with Crippen LogP contribution >= 0.6 is 0 Å². The number of aliphatic imine (C=N–C) groups is 1. The summed E-state index contributed by atoms with van der Waals surface area (Å²) >= 11 is 0. The standard InChI is InChI=1S/C22H19F4N7/c1-12(2)29-18(10-27)13-6-15(23)9-16(7-13)32(3)20-17-5-4-14(22(24,25)26)8-19(17)33-11-28-31-21(33)30-20/h4-12,27H,1-3H3/b27-10?,29-18+. The van der Waals surface area contributed by atoms with E-state index < -0.39 is 17.6 Å². The Kier molecular flexibility index (Phi) is 5.56. The fourth-order valence-electron chi connectivity index (χ4n) is 3.49. The summed E-state index contributed by atoms with van der Waals surface area (Å²) in [6, 6.07) is 7.37. The zero-order valence-corrected chi connectivity index (χ0v) is 17.9. The summed E-state index contributed by atoms with van der Waals surface area (Å²) in [4.78, 5) is 10.3. The molecule has 0 amide bonds. The monoisotopic (exact) mass is 457 g/mol. The van der Waals surface area contributed by atoms with Gasteiger partial charge in [-0.25, -0.2) is 4.39 Å². The Morgan fingerprint density at radius 3 is 2.61 bits per heavy atom. The number of nitrogens with one attached hydrogen (secondary N) is 1. The van der Waals surface area contributed by atoms with Gasteiger partial charge in [0.15, 0.2) is 0 Å². The number of hydrogen-bond acceptors (Lipinski definition) is 6. The Balaban J connectivity index is 1.91. The van der Waals surface area contributed by atoms with Crippen LogP contribution in [0.25, 0.3) is 16.7 Å². The van der Waals surface area contributed by atoms with Crippen molar-refractivity contribution in [3.05, 3.63) is 59.7 Å². The highest BCUT2D eigenvalue weighted by Gasteiger charge is 2.31. The van der Waals surface area contributed by atoms with Crippen molar-refractivity contribution in [2.45, 2.75) is 26.1 Å². The molecular weight excluding hydrogens is 438 g/mol. The number of halogens is 4. The summed E-state index contributed by atoms with van der Waals surface area (Å²) in [5, 5.41) is 15.7. The maximum atomic E-state index is 14.5. The van der Waals surface area contributed by atoms with E-state index in [9.17, 15) is 17.6 Å². The first-order valence-corrected chi connectivity index (χ1v) is 9.92. The molecule has 4 aromatic rings. The van der Waals surface area contributed by atoms with E-state index in [1.54, 1.807) is 18.0 Å². The third-order valence-corrected chi connectivity index (χ3v) is 4.98. The van der Waals surface area contributed by atoms with E-state index in [0.29, 0.717) is 22.3 Å². The summed E-state index contributed by atoms with van der Waals surface area (Å²) in [7, 11) is 1.62. The summed E-state index contributed by atoms with van der Waals surface area (Å²) in [5.41, 5.74) is 0.464. The molecule has 4 rings (SSSR count). The summed E-state index contributed by atoms with van der Waals surface area (Å²) in [6.45, 7) is 3.68. The van der Waals surface area contributed by atoms with Gasteiger partial charge < -0.3 is 10.3 Å². The summed E-state index contributed by atoms with van der Waals surface area (Å²) in [5.74, 6) is -0.185. The fraction of sp³-hybridized carbons (Fsp3) is 0.227. The van der Waals surface area contributed by atoms with Crippen LogP contribution in [0.1, 0.15) is 25.0 Å². The predicted octanol–water partition coefficient (Wildman–Crippen LogP) is 5.05. The van der Waals surface area contributed by atoms with Gasteiger partial charge in [-0.3, -0.25) is 9.39 Å². The van der Waals surface area contributed by atoms with Crippen molar-refractivity contribution in [3.63, 3.8) is 0 Å². The molecule has 0 saturated carbocycles. The van der Waals surface area contributed by atoms with Crippen molar-refractivity contribution in [1.82, 2.24) is 19.6 Å². The first-order chi connectivity index (χ1) is 15.6. The molecule has 0 radical (unpaired) electrons. The van der Waals surface area contributed by atoms with E-state index in [1.807, 2.05) is 13.8 Å². The minimum atomic E-state index is -4.53. The molecule has 11 heteroatoms. The lowest BCUT2D eigenvalue weighted by Gasteiger charge is -2.22. The maximum Gasteiger partial charge on any atom is 0.416 e. The molecular formula is C22H19F4N7. The SMILES string of the molecule is CC(C)/N=C(\C=N)c1cc(F)cc(N(C)c2nc3nncn3c3cc(C(F)(F)F)ccc23)c1. The van der Waals surface area contributed by atoms with Gasteiger partial charge in [0.25, 0.3) is 5.78 Å². The molecule has 33 heavy (non-hydrogen) atoms. The molecule has 0 fully saturated rings. The van der Waals surface area contributed by atoms with E-state index in [0.717, 1.165) is 18.3 Å². The van der Waals surface area contributed by atoms with E-state index in [1.165, 1.54) is 28.9 Å². The van der Waals surface area contributed by atoms with Crippen LogP contribution in [0.3, 0.4) is 0 Å². The van der Waals surface area contributed by atoms with Crippen molar-refractivity contribution < 1.29 is 17.6 Å². The van der Waals surface area contributed by atoms with Gasteiger partial charge in [0.1, 0.15) is 18.0 Å². The molecule has 2 aromatic heterocycles. The van der Waals surface area contributed by atoms with Gasteiger partial charge in [-0.1, -0.05) is 0 Å². The van der Waals surface area contributed by atoms with Crippen LogP contribution in [0.15, 0.2) is 47.7 Å². The lowest BCUT2D eigenvalue weighted by molar-refractivity contribution is -0.137. The molecule has 2 heterocycles. The normalized spacial score (nSPS) is 12.7. The number of benzene rings is 2. The zero-order chi connectivity index (χ0) is 23.9. The highest BCUT2D eigenvalue weighted by molar-refractivity contribution is 6.37. The van der Waals surface area contributed by atoms with Gasteiger partial charge in [-0.2, -0.15) is 18.2 Å². The highest BCUT2D eigenvalue weighted by Crippen LogP contribution is 2.35. The van der Waals surface area contributed by atoms with E-state index in [2.05, 4.69) is 20.2 Å². The second-order valence-electron chi connectivity index (χ2n) is 7.68. The quantitative estimate of drug-likeness (QED) is 0.336. The number of nitrogens with zero attached hydrogens (tertiary/aromatic N) is 6. The van der Waals surface area contributed by atoms with Gasteiger partial charge in [0, 0.05) is 35.9 Å². The number of aromatic nitrogens is 4. The molecule has 2 aromatic carbocycles. The van der Waals surface area contributed by atoms with Gasteiger partial charge in [-0.15, -0.1) is 10.2 Å². The Morgan fingerprint density at radius 2 is 1.94 bits per heavy atom. The predicted molar refractivity (Wildman–Crippen MR) is 118 cm³/mol. The van der Waals surface area contributed by atoms with E-state index in [4.69, 9.17) is 5.41 Å². The Morgan fingerprint density at radius 1 is 1.18 bits per heavy atom. The van der Waals surface area contributed by atoms with Crippen molar-refractivity contribution in [1.29, 1.82) is 5.41 Å². The molecule has 1 N–H and O–H groups in total. The van der Waals surface area contributed by atoms with Crippen molar-refractivity contribution in [3.8, 4) is 0 Å². The van der Waals surface area contributed by atoms with Crippen LogP contribution in [0.5, 0.6) is 0 Å². The lowest BCUT2D eigenvalue weighted by atomic mass is 10.1. The van der Waals surface area contributed by atoms with Crippen LogP contribution in [0, 0.1) is 11.2 Å². The van der Waals surface area contributed by atoms with Crippen molar-refractivity contribution in [2.24, 2.45) is 4.99 Å². The largest absolute Gasteiger partial charge is 0.416 e. The summed E-state index contributed by atoms with van der Waals surface area (Å²) < 4.78 is 55.8. The van der Waals surface area contributed by atoms with Crippen LogP contribution in [0.2, 0.25) is 0 Å². The molecule has 170 valence electrons. The smallest absolute Gasteiger partial charge is 0.329 e. The molecule has 0 aliphatic carbocycles. The average Bonchev–Trinajstić information content (AvgIpc) is 3.23. The third kappa shape index (κ3) is 4.26. The molecule has 0 aliphatic rings. The number of alkyl halides is 3. The lowest BCUT2D eigenvalue weighted by Crippen LogP contribution is -2.15. The Hall–Kier alpha value is -3.89. The molecule has 0 aliphatic heterocycles. The topological polar surface area (TPSA) is 82.5 Å². The molecule has 0 bridgehead atoms. The van der Waals surface area contributed by atoms with Gasteiger partial charge in [0.05, 0.1) is 16.8 Å². The number of fused-ring (bicyclic) bond motifs is 3. The second-order valence-corrected chi connectivity index (χ2v) is 7.68. The molecule has 0 saturated heterocycles. The molecule has 0 atom stereocenters. The second kappa shape index (κ2) is 8.23. The Bertz CT molecular complexity index is 1390. The van der Waals surface area contributed by atoms with Crippen molar-refractivity contribution in [2.75, 3.05) is 11.9 Å². The van der Waals surface area contributed by atoms with Crippen molar-refractivity contribution >= 4 is 40.1 Å². The van der Waals surface area contributed by atoms with Crippen LogP contribution in [-0.4, -0.2) is 44.6 Å². The summed E-state index contributed by atoms with van der Waals surface area (Å²) in [6.07, 6.45) is -2.19.